The summed E-state index contributed by atoms with van der Waals surface area (Å²) in [6.45, 7) is 7.53. The first-order valence-electron chi connectivity index (χ1n) is 15.7. The number of ether oxygens (including phenoxy) is 1. The van der Waals surface area contributed by atoms with Crippen LogP contribution in [-0.2, 0) is 17.6 Å². The molecule has 3 aromatic heterocycles. The van der Waals surface area contributed by atoms with Crippen LogP contribution in [0.2, 0.25) is 0 Å². The number of hydrogen-bond acceptors (Lipinski definition) is 8. The molecule has 1 fully saturated rings. The Kier molecular flexibility index (Phi) is 11.0. The maximum absolute atomic E-state index is 14.3. The minimum absolute atomic E-state index is 0. The molecule has 0 spiro atoms. The Bertz CT molecular complexity index is 1890. The average Bonchev–Trinajstić information content (AvgIpc) is 3.69. The van der Waals surface area contributed by atoms with Gasteiger partial charge in [0.1, 0.15) is 6.33 Å². The van der Waals surface area contributed by atoms with Gasteiger partial charge in [-0.15, -0.1) is 0 Å². The van der Waals surface area contributed by atoms with E-state index in [1.165, 1.54) is 6.33 Å². The van der Waals surface area contributed by atoms with Crippen molar-refractivity contribution < 1.29 is 14.4 Å². The summed E-state index contributed by atoms with van der Waals surface area (Å²) in [5.74, 6) is 0.354. The zero-order chi connectivity index (χ0) is 31.7. The molecular weight excluding hydrogens is 612 g/mol. The molecule has 2 N–H and O–H groups in total. The van der Waals surface area contributed by atoms with Crippen LogP contribution in [0.15, 0.2) is 69.0 Å². The summed E-state index contributed by atoms with van der Waals surface area (Å²) in [5.41, 5.74) is 4.32. The molecule has 12 heteroatoms. The maximum atomic E-state index is 14.3. The molecule has 0 aliphatic heterocycles. The molecule has 0 bridgehead atoms. The molecule has 238 valence electrons. The van der Waals surface area contributed by atoms with Gasteiger partial charge in [0.15, 0.2) is 5.82 Å². The third-order valence-corrected chi connectivity index (χ3v) is 8.98. The molecular formula is C34H41KN6O5. The third-order valence-electron chi connectivity index (χ3n) is 8.98. The summed E-state index contributed by atoms with van der Waals surface area (Å²) in [5, 5.41) is 18.8. The van der Waals surface area contributed by atoms with Gasteiger partial charge in [0.05, 0.1) is 23.5 Å². The number of H-pyrrole nitrogens is 1. The Morgan fingerprint density at radius 2 is 1.76 bits per heavy atom. The molecule has 1 saturated carbocycles. The molecule has 1 unspecified atom stereocenters. The van der Waals surface area contributed by atoms with Crippen LogP contribution in [0.25, 0.3) is 28.3 Å². The van der Waals surface area contributed by atoms with Crippen molar-refractivity contribution in [2.75, 3.05) is 0 Å². The van der Waals surface area contributed by atoms with Crippen molar-refractivity contribution in [3.63, 3.8) is 0 Å². The molecule has 1 aliphatic carbocycles. The summed E-state index contributed by atoms with van der Waals surface area (Å²) in [6, 6.07) is 15.8. The first kappa shape index (κ1) is 34.6. The number of aryl methyl sites for hydroxylation is 1. The second kappa shape index (κ2) is 14.6. The number of nitrogens with zero attached hydrogens (tertiary/aromatic N) is 5. The van der Waals surface area contributed by atoms with E-state index in [0.29, 0.717) is 24.4 Å². The third kappa shape index (κ3) is 7.23. The molecule has 6 rings (SSSR count). The van der Waals surface area contributed by atoms with Gasteiger partial charge in [-0.1, -0.05) is 67.0 Å². The molecule has 11 nitrogen and oxygen atoms in total. The fraction of sp³-hybridized carbons (Fsp3) is 0.441. The standard InChI is InChI=1S/C34H40N6O5.K.H/c1-5-8-29-28(19-22-11-13-23(14-12-22)26-9-6-7-10-27(26)30-37-33(42)45-38-30)31(41)39(32-35-20-36-40(29)32)24-15-17-25(18-16-24)44-21(2)34(3,4)43;;/h6-7,9-14,20-21,24-25,43H,5,8,15-19H2,1-4H3,(H,37,38,42);;/t21?,24-,25-;;. The van der Waals surface area contributed by atoms with Gasteiger partial charge in [-0.05, 0) is 69.6 Å². The van der Waals surface area contributed by atoms with Gasteiger partial charge in [0, 0.05) is 23.6 Å². The van der Waals surface area contributed by atoms with E-state index in [2.05, 4.69) is 27.1 Å². The van der Waals surface area contributed by atoms with Crippen LogP contribution in [0.1, 0.15) is 82.7 Å². The molecule has 0 radical (unpaired) electrons. The summed E-state index contributed by atoms with van der Waals surface area (Å²) < 4.78 is 14.6. The quantitative estimate of drug-likeness (QED) is 0.211. The second-order valence-corrected chi connectivity index (χ2v) is 12.5. The van der Waals surface area contributed by atoms with Crippen LogP contribution < -0.4 is 11.3 Å². The molecule has 5 aromatic rings. The second-order valence-electron chi connectivity index (χ2n) is 12.5. The van der Waals surface area contributed by atoms with E-state index in [-0.39, 0.29) is 75.2 Å². The SMILES string of the molecule is CCCc1c(Cc2ccc(-c3ccccc3-c3noc(=O)[nH]3)cc2)c(=O)n([C@H]2CC[C@H](OC(C)C(C)(C)O)CC2)c2ncnn12.[KH]. The molecule has 46 heavy (non-hydrogen) atoms. The van der Waals surface area contributed by atoms with Crippen LogP contribution in [0.5, 0.6) is 0 Å². The first-order valence-corrected chi connectivity index (χ1v) is 15.7. The van der Waals surface area contributed by atoms with Gasteiger partial charge in [0.2, 0.25) is 5.78 Å². The number of rotatable bonds is 10. The number of aliphatic hydroxyl groups is 1. The number of nitrogens with one attached hydrogen (secondary N) is 1. The zero-order valence-electron chi connectivity index (χ0n) is 26.2. The van der Waals surface area contributed by atoms with E-state index >= 15 is 0 Å². The van der Waals surface area contributed by atoms with Crippen LogP contribution in [0.3, 0.4) is 0 Å². The number of aromatic nitrogens is 6. The normalized spacial score (nSPS) is 17.6. The summed E-state index contributed by atoms with van der Waals surface area (Å²) in [6.07, 6.45) is 6.49. The topological polar surface area (TPSA) is 141 Å². The molecule has 3 heterocycles. The monoisotopic (exact) mass is 652 g/mol. The Hall–Kier alpha value is -2.71. The fourth-order valence-electron chi connectivity index (χ4n) is 6.27. The Morgan fingerprint density at radius 1 is 1.07 bits per heavy atom. The first-order chi connectivity index (χ1) is 21.6. The van der Waals surface area contributed by atoms with E-state index in [9.17, 15) is 14.7 Å². The Labute approximate surface area is 309 Å². The number of benzene rings is 2. The van der Waals surface area contributed by atoms with Crippen LogP contribution in [0.4, 0.5) is 0 Å². The van der Waals surface area contributed by atoms with Gasteiger partial charge in [-0.2, -0.15) is 10.1 Å². The molecule has 2 aromatic carbocycles. The van der Waals surface area contributed by atoms with Crippen LogP contribution in [-0.4, -0.2) is 104 Å². The molecule has 1 aliphatic rings. The van der Waals surface area contributed by atoms with E-state index in [1.807, 2.05) is 64.5 Å². The molecule has 1 atom stereocenters. The van der Waals surface area contributed by atoms with Gasteiger partial charge < -0.3 is 9.84 Å². The number of fused-ring (bicyclic) bond motifs is 1. The minimum atomic E-state index is -0.912. The van der Waals surface area contributed by atoms with Crippen molar-refractivity contribution in [2.45, 2.75) is 96.5 Å². The summed E-state index contributed by atoms with van der Waals surface area (Å²) in [4.78, 5) is 33.1. The van der Waals surface area contributed by atoms with E-state index in [1.54, 1.807) is 13.8 Å². The number of hydrogen-bond donors (Lipinski definition) is 2. The Balaban J connectivity index is 0.00000417. The van der Waals surface area contributed by atoms with Crippen molar-refractivity contribution in [3.8, 4) is 22.5 Å². The number of aromatic amines is 1. The van der Waals surface area contributed by atoms with Crippen molar-refractivity contribution in [2.24, 2.45) is 0 Å². The van der Waals surface area contributed by atoms with Crippen molar-refractivity contribution in [1.29, 1.82) is 0 Å². The molecule has 0 amide bonds. The van der Waals surface area contributed by atoms with Crippen LogP contribution in [0, 0.1) is 0 Å². The van der Waals surface area contributed by atoms with Gasteiger partial charge >= 0.3 is 57.1 Å². The van der Waals surface area contributed by atoms with Crippen LogP contribution >= 0.6 is 0 Å². The average molecular weight is 653 g/mol. The van der Waals surface area contributed by atoms with Crippen molar-refractivity contribution in [3.05, 3.63) is 92.6 Å². The van der Waals surface area contributed by atoms with Gasteiger partial charge in [0.25, 0.3) is 5.56 Å². The predicted octanol–water partition coefficient (Wildman–Crippen LogP) is 4.46. The van der Waals surface area contributed by atoms with Crippen molar-refractivity contribution >= 4 is 57.2 Å². The summed E-state index contributed by atoms with van der Waals surface area (Å²) >= 11 is 0. The van der Waals surface area contributed by atoms with E-state index in [0.717, 1.165) is 65.6 Å². The van der Waals surface area contributed by atoms with E-state index in [4.69, 9.17) is 9.26 Å². The molecule has 0 saturated heterocycles. The summed E-state index contributed by atoms with van der Waals surface area (Å²) in [7, 11) is 0. The van der Waals surface area contributed by atoms with Crippen molar-refractivity contribution in [1.82, 2.24) is 29.3 Å². The van der Waals surface area contributed by atoms with Gasteiger partial charge in [-0.25, -0.2) is 9.31 Å². The fourth-order valence-corrected chi connectivity index (χ4v) is 6.27. The Morgan fingerprint density at radius 3 is 2.39 bits per heavy atom. The zero-order valence-corrected chi connectivity index (χ0v) is 26.2. The predicted molar refractivity (Wildman–Crippen MR) is 177 cm³/mol. The van der Waals surface area contributed by atoms with E-state index < -0.39 is 11.4 Å². The van der Waals surface area contributed by atoms with Gasteiger partial charge in [-0.3, -0.25) is 18.9 Å².